The lowest BCUT2D eigenvalue weighted by atomic mass is 9.86. The van der Waals surface area contributed by atoms with Gasteiger partial charge in [0.2, 0.25) is 0 Å². The molecular formula is C14H18O3. The van der Waals surface area contributed by atoms with Crippen LogP contribution in [0.15, 0.2) is 36.4 Å². The zero-order valence-corrected chi connectivity index (χ0v) is 10.1. The van der Waals surface area contributed by atoms with Gasteiger partial charge in [-0.2, -0.15) is 0 Å². The van der Waals surface area contributed by atoms with Gasteiger partial charge in [-0.05, 0) is 11.5 Å². The molecule has 17 heavy (non-hydrogen) atoms. The summed E-state index contributed by atoms with van der Waals surface area (Å²) >= 11 is 0. The summed E-state index contributed by atoms with van der Waals surface area (Å²) in [5.41, 5.74) is -0.362. The van der Waals surface area contributed by atoms with Gasteiger partial charge in [0.1, 0.15) is 0 Å². The third-order valence-corrected chi connectivity index (χ3v) is 2.80. The van der Waals surface area contributed by atoms with Crippen molar-refractivity contribution in [3.05, 3.63) is 42.0 Å². The molecule has 3 nitrogen and oxygen atoms in total. The van der Waals surface area contributed by atoms with E-state index in [4.69, 9.17) is 5.11 Å². The highest BCUT2D eigenvalue weighted by molar-refractivity contribution is 5.69. The molecule has 0 aliphatic carbocycles. The van der Waals surface area contributed by atoms with Crippen molar-refractivity contribution in [2.75, 3.05) is 0 Å². The van der Waals surface area contributed by atoms with Crippen molar-refractivity contribution in [1.29, 1.82) is 0 Å². The molecule has 1 aromatic rings. The van der Waals surface area contributed by atoms with Crippen LogP contribution in [-0.4, -0.2) is 21.8 Å². The predicted molar refractivity (Wildman–Crippen MR) is 67.5 cm³/mol. The van der Waals surface area contributed by atoms with Crippen LogP contribution >= 0.6 is 0 Å². The molecule has 0 fully saturated rings. The van der Waals surface area contributed by atoms with E-state index >= 15 is 0 Å². The largest absolute Gasteiger partial charge is 0.481 e. The Morgan fingerprint density at radius 1 is 1.35 bits per heavy atom. The molecule has 0 saturated heterocycles. The molecule has 1 rings (SSSR count). The summed E-state index contributed by atoms with van der Waals surface area (Å²) < 4.78 is 0. The van der Waals surface area contributed by atoms with Crippen molar-refractivity contribution >= 4 is 12.0 Å². The maximum absolute atomic E-state index is 10.7. The van der Waals surface area contributed by atoms with Gasteiger partial charge in [0.25, 0.3) is 0 Å². The minimum Gasteiger partial charge on any atom is -0.481 e. The second-order valence-electron chi connectivity index (χ2n) is 4.46. The van der Waals surface area contributed by atoms with Gasteiger partial charge < -0.3 is 10.2 Å². The smallest absolute Gasteiger partial charge is 0.306 e. The molecule has 1 aromatic carbocycles. The van der Waals surface area contributed by atoms with E-state index in [0.29, 0.717) is 0 Å². The standard InChI is InChI=1S/C14H18O3/c1-11(2)14(17,10-13(15)16)9-8-12-6-4-3-5-7-12/h3-9,11,17H,10H2,1-2H3,(H,15,16)/b9-8+. The third kappa shape index (κ3) is 4.04. The molecule has 0 aliphatic heterocycles. The summed E-state index contributed by atoms with van der Waals surface area (Å²) in [5.74, 6) is -1.16. The fourth-order valence-electron chi connectivity index (χ4n) is 1.50. The lowest BCUT2D eigenvalue weighted by Gasteiger charge is -2.27. The molecular weight excluding hydrogens is 216 g/mol. The number of aliphatic hydroxyl groups is 1. The number of hydrogen-bond donors (Lipinski definition) is 2. The highest BCUT2D eigenvalue weighted by atomic mass is 16.4. The van der Waals surface area contributed by atoms with Crippen LogP contribution in [0.1, 0.15) is 25.8 Å². The molecule has 2 N–H and O–H groups in total. The third-order valence-electron chi connectivity index (χ3n) is 2.80. The van der Waals surface area contributed by atoms with E-state index in [2.05, 4.69) is 0 Å². The Bertz CT molecular complexity index is 395. The molecule has 0 aromatic heterocycles. The summed E-state index contributed by atoms with van der Waals surface area (Å²) in [6, 6.07) is 9.50. The Morgan fingerprint density at radius 3 is 2.41 bits per heavy atom. The number of aliphatic carboxylic acids is 1. The molecule has 0 saturated carbocycles. The average molecular weight is 234 g/mol. The molecule has 0 radical (unpaired) electrons. The average Bonchev–Trinajstić information content (AvgIpc) is 2.27. The van der Waals surface area contributed by atoms with E-state index in [1.165, 1.54) is 0 Å². The van der Waals surface area contributed by atoms with Gasteiger partial charge in [0.15, 0.2) is 0 Å². The first-order chi connectivity index (χ1) is 7.94. The Hall–Kier alpha value is -1.61. The minimum absolute atomic E-state index is 0.154. The molecule has 1 atom stereocenters. The topological polar surface area (TPSA) is 57.5 Å². The van der Waals surface area contributed by atoms with Gasteiger partial charge in [-0.15, -0.1) is 0 Å². The normalized spacial score (nSPS) is 15.1. The fourth-order valence-corrected chi connectivity index (χ4v) is 1.50. The molecule has 3 heteroatoms. The van der Waals surface area contributed by atoms with Gasteiger partial charge in [-0.25, -0.2) is 0 Å². The van der Waals surface area contributed by atoms with E-state index in [0.717, 1.165) is 5.56 Å². The number of benzene rings is 1. The van der Waals surface area contributed by atoms with E-state index < -0.39 is 11.6 Å². The summed E-state index contributed by atoms with van der Waals surface area (Å²) in [6.07, 6.45) is 3.04. The molecule has 1 unspecified atom stereocenters. The minimum atomic E-state index is -1.30. The predicted octanol–water partition coefficient (Wildman–Crippen LogP) is 2.56. The van der Waals surface area contributed by atoms with Gasteiger partial charge in [0, 0.05) is 0 Å². The second-order valence-corrected chi connectivity index (χ2v) is 4.46. The lowest BCUT2D eigenvalue weighted by molar-refractivity contribution is -0.142. The zero-order chi connectivity index (χ0) is 12.9. The van der Waals surface area contributed by atoms with Gasteiger partial charge >= 0.3 is 5.97 Å². The van der Waals surface area contributed by atoms with Crippen LogP contribution in [-0.2, 0) is 4.79 Å². The second kappa shape index (κ2) is 5.64. The number of carboxylic acids is 1. The first kappa shape index (κ1) is 13.5. The summed E-state index contributed by atoms with van der Waals surface area (Å²) in [7, 11) is 0. The van der Waals surface area contributed by atoms with E-state index in [1.54, 1.807) is 26.0 Å². The molecule has 0 heterocycles. The van der Waals surface area contributed by atoms with Crippen LogP contribution in [0, 0.1) is 5.92 Å². The SMILES string of the molecule is CC(C)C(O)(/C=C/c1ccccc1)CC(=O)O. The summed E-state index contributed by atoms with van der Waals surface area (Å²) in [5, 5.41) is 19.1. The number of carboxylic acid groups (broad SMARTS) is 1. The van der Waals surface area contributed by atoms with Crippen LogP contribution in [0.3, 0.4) is 0 Å². The fraction of sp³-hybridized carbons (Fsp3) is 0.357. The van der Waals surface area contributed by atoms with Crippen molar-refractivity contribution in [2.45, 2.75) is 25.9 Å². The van der Waals surface area contributed by atoms with Gasteiger partial charge in [0.05, 0.1) is 12.0 Å². The van der Waals surface area contributed by atoms with E-state index in [1.807, 2.05) is 30.3 Å². The van der Waals surface area contributed by atoms with Gasteiger partial charge in [-0.1, -0.05) is 56.3 Å². The summed E-state index contributed by atoms with van der Waals surface area (Å²) in [6.45, 7) is 3.61. The van der Waals surface area contributed by atoms with Crippen LogP contribution in [0.4, 0.5) is 0 Å². The zero-order valence-electron chi connectivity index (χ0n) is 10.1. The summed E-state index contributed by atoms with van der Waals surface area (Å²) in [4.78, 5) is 10.7. The van der Waals surface area contributed by atoms with Crippen LogP contribution in [0.25, 0.3) is 6.08 Å². The monoisotopic (exact) mass is 234 g/mol. The van der Waals surface area contributed by atoms with E-state index in [9.17, 15) is 9.90 Å². The van der Waals surface area contributed by atoms with Gasteiger partial charge in [-0.3, -0.25) is 4.79 Å². The highest BCUT2D eigenvalue weighted by Crippen LogP contribution is 2.24. The number of rotatable bonds is 5. The highest BCUT2D eigenvalue weighted by Gasteiger charge is 2.30. The van der Waals surface area contributed by atoms with Crippen LogP contribution < -0.4 is 0 Å². The Morgan fingerprint density at radius 2 is 1.94 bits per heavy atom. The van der Waals surface area contributed by atoms with E-state index in [-0.39, 0.29) is 12.3 Å². The van der Waals surface area contributed by atoms with Crippen molar-refractivity contribution in [3.8, 4) is 0 Å². The molecule has 92 valence electrons. The Kier molecular flexibility index (Phi) is 4.46. The van der Waals surface area contributed by atoms with Crippen molar-refractivity contribution < 1.29 is 15.0 Å². The quantitative estimate of drug-likeness (QED) is 0.823. The molecule has 0 amide bonds. The van der Waals surface area contributed by atoms with Crippen molar-refractivity contribution in [1.82, 2.24) is 0 Å². The van der Waals surface area contributed by atoms with Crippen LogP contribution in [0.2, 0.25) is 0 Å². The molecule has 0 aliphatic rings. The maximum Gasteiger partial charge on any atom is 0.306 e. The number of hydrogen-bond acceptors (Lipinski definition) is 2. The van der Waals surface area contributed by atoms with Crippen molar-refractivity contribution in [3.63, 3.8) is 0 Å². The van der Waals surface area contributed by atoms with Crippen LogP contribution in [0.5, 0.6) is 0 Å². The Balaban J connectivity index is 2.87. The Labute approximate surface area is 101 Å². The first-order valence-corrected chi connectivity index (χ1v) is 5.62. The molecule has 0 bridgehead atoms. The number of carbonyl (C=O) groups is 1. The first-order valence-electron chi connectivity index (χ1n) is 5.62. The maximum atomic E-state index is 10.7. The lowest BCUT2D eigenvalue weighted by Crippen LogP contribution is -2.35. The van der Waals surface area contributed by atoms with Crippen molar-refractivity contribution in [2.24, 2.45) is 5.92 Å². The molecule has 0 spiro atoms.